The number of hydrogen-bond acceptors (Lipinski definition) is 7. The average Bonchev–Trinajstić information content (AvgIpc) is 3.44. The molecule has 1 N–H and O–H groups in total. The summed E-state index contributed by atoms with van der Waals surface area (Å²) in [5.74, 6) is -0.212. The molecule has 2 aliphatic rings. The zero-order valence-corrected chi connectivity index (χ0v) is 28.5. The molecule has 2 amide bonds. The van der Waals surface area contributed by atoms with Crippen LogP contribution in [0.5, 0.6) is 5.75 Å². The Morgan fingerprint density at radius 3 is 2.29 bits per heavy atom. The van der Waals surface area contributed by atoms with Gasteiger partial charge in [-0.25, -0.2) is 8.42 Å². The molecule has 45 heavy (non-hydrogen) atoms. The lowest BCUT2D eigenvalue weighted by molar-refractivity contribution is -0.122. The molecule has 1 atom stereocenters. The molecular weight excluding hydrogens is 658 g/mol. The molecule has 12 heteroatoms. The maximum Gasteiger partial charge on any atom is 0.243 e. The fourth-order valence-electron chi connectivity index (χ4n) is 6.01. The number of carbonyl (C=O) groups is 2. The Hall–Kier alpha value is -3.61. The molecule has 3 aromatic rings. The number of anilines is 4. The highest BCUT2D eigenvalue weighted by molar-refractivity contribution is 9.10. The number of nitrogens with zero attached hydrogens (tertiary/aromatic N) is 4. The van der Waals surface area contributed by atoms with Gasteiger partial charge in [-0.1, -0.05) is 41.9 Å². The van der Waals surface area contributed by atoms with Crippen LogP contribution in [0.15, 0.2) is 70.0 Å². The van der Waals surface area contributed by atoms with E-state index in [0.29, 0.717) is 45.0 Å². The van der Waals surface area contributed by atoms with E-state index in [0.717, 1.165) is 32.8 Å². The van der Waals surface area contributed by atoms with E-state index in [1.54, 1.807) is 44.1 Å². The minimum atomic E-state index is -3.76. The van der Waals surface area contributed by atoms with Gasteiger partial charge in [0.15, 0.2) is 0 Å². The third kappa shape index (κ3) is 6.83. The molecule has 3 aromatic carbocycles. The van der Waals surface area contributed by atoms with Gasteiger partial charge in [0.1, 0.15) is 5.75 Å². The Kier molecular flexibility index (Phi) is 10.0. The number of nitrogens with one attached hydrogen (secondary N) is 1. The summed E-state index contributed by atoms with van der Waals surface area (Å²) in [7, 11) is -2.10. The number of sulfonamides is 1. The van der Waals surface area contributed by atoms with Crippen molar-refractivity contribution in [3.05, 3.63) is 70.7 Å². The first kappa shape index (κ1) is 32.8. The van der Waals surface area contributed by atoms with Crippen molar-refractivity contribution in [3.8, 4) is 5.75 Å². The highest BCUT2D eigenvalue weighted by Crippen LogP contribution is 2.35. The molecule has 5 rings (SSSR count). The summed E-state index contributed by atoms with van der Waals surface area (Å²) >= 11 is 3.50. The molecule has 0 aromatic heterocycles. The number of rotatable bonds is 10. The quantitative estimate of drug-likeness (QED) is 0.314. The molecule has 10 nitrogen and oxygen atoms in total. The number of piperazine rings is 1. The Morgan fingerprint density at radius 1 is 0.978 bits per heavy atom. The molecule has 240 valence electrons. The van der Waals surface area contributed by atoms with E-state index < -0.39 is 15.9 Å². The van der Waals surface area contributed by atoms with Crippen molar-refractivity contribution in [2.75, 3.05) is 72.9 Å². The number of amides is 2. The van der Waals surface area contributed by atoms with Crippen LogP contribution >= 0.6 is 15.9 Å². The SMILES string of the molecule is CCN(CC)S(=O)(=O)c1ccc(N2CCN(c3ccccc3OC)CC2)c(NC(=O)C2CC(=O)N(c3ccc(Br)c(C)c3)C2)c1. The number of hydrogen-bond donors (Lipinski definition) is 1. The number of ether oxygens (including phenoxy) is 1. The molecule has 0 saturated carbocycles. The van der Waals surface area contributed by atoms with Gasteiger partial charge in [0.25, 0.3) is 0 Å². The summed E-state index contributed by atoms with van der Waals surface area (Å²) in [6, 6.07) is 18.5. The van der Waals surface area contributed by atoms with Gasteiger partial charge >= 0.3 is 0 Å². The Bertz CT molecular complexity index is 1670. The number of para-hydroxylation sites is 2. The van der Waals surface area contributed by atoms with Crippen LogP contribution in [0.1, 0.15) is 25.8 Å². The first-order valence-electron chi connectivity index (χ1n) is 15.2. The van der Waals surface area contributed by atoms with Gasteiger partial charge in [-0.3, -0.25) is 9.59 Å². The number of halogens is 1. The van der Waals surface area contributed by atoms with Crippen molar-refractivity contribution in [2.24, 2.45) is 5.92 Å². The highest BCUT2D eigenvalue weighted by Gasteiger charge is 2.36. The highest BCUT2D eigenvalue weighted by atomic mass is 79.9. The third-order valence-corrected chi connectivity index (χ3v) is 11.5. The zero-order valence-electron chi connectivity index (χ0n) is 26.1. The van der Waals surface area contributed by atoms with Crippen LogP contribution in [0, 0.1) is 12.8 Å². The largest absolute Gasteiger partial charge is 0.495 e. The lowest BCUT2D eigenvalue weighted by Gasteiger charge is -2.38. The standard InChI is InChI=1S/C33H40BrN5O5S/c1-5-38(6-2)45(42,43)26-12-14-29(36-15-17-37(18-16-36)30-9-7-8-10-31(30)44-4)28(21-26)35-33(41)24-20-32(40)39(22-24)25-11-13-27(34)23(3)19-25/h7-14,19,21,24H,5-6,15-18,20,22H2,1-4H3,(H,35,41). The second-order valence-corrected chi connectivity index (χ2v) is 14.0. The smallest absolute Gasteiger partial charge is 0.243 e. The first-order chi connectivity index (χ1) is 21.6. The van der Waals surface area contributed by atoms with Crippen molar-refractivity contribution in [3.63, 3.8) is 0 Å². The summed E-state index contributed by atoms with van der Waals surface area (Å²) in [5, 5.41) is 3.03. The molecule has 0 radical (unpaired) electrons. The van der Waals surface area contributed by atoms with Crippen LogP contribution in [-0.4, -0.2) is 77.5 Å². The Balaban J connectivity index is 1.40. The Morgan fingerprint density at radius 2 is 1.64 bits per heavy atom. The normalized spacial score (nSPS) is 17.2. The predicted octanol–water partition coefficient (Wildman–Crippen LogP) is 5.11. The lowest BCUT2D eigenvalue weighted by Crippen LogP contribution is -2.47. The van der Waals surface area contributed by atoms with Gasteiger partial charge in [-0.05, 0) is 61.0 Å². The second kappa shape index (κ2) is 13.8. The fourth-order valence-corrected chi connectivity index (χ4v) is 7.74. The van der Waals surface area contributed by atoms with Crippen LogP contribution in [0.3, 0.4) is 0 Å². The topological polar surface area (TPSA) is 102 Å². The number of aryl methyl sites for hydroxylation is 1. The van der Waals surface area contributed by atoms with Crippen molar-refractivity contribution < 1.29 is 22.7 Å². The van der Waals surface area contributed by atoms with Crippen molar-refractivity contribution in [1.29, 1.82) is 0 Å². The molecule has 0 spiro atoms. The van der Waals surface area contributed by atoms with E-state index in [4.69, 9.17) is 4.74 Å². The minimum Gasteiger partial charge on any atom is -0.495 e. The first-order valence-corrected chi connectivity index (χ1v) is 17.4. The van der Waals surface area contributed by atoms with Crippen molar-refractivity contribution in [2.45, 2.75) is 32.1 Å². The zero-order chi connectivity index (χ0) is 32.3. The van der Waals surface area contributed by atoms with Crippen molar-refractivity contribution in [1.82, 2.24) is 4.31 Å². The summed E-state index contributed by atoms with van der Waals surface area (Å²) in [6.07, 6.45) is 0.0747. The molecule has 2 saturated heterocycles. The molecule has 0 aliphatic carbocycles. The van der Waals surface area contributed by atoms with Crippen LogP contribution in [0.2, 0.25) is 0 Å². The summed E-state index contributed by atoms with van der Waals surface area (Å²) in [4.78, 5) is 32.9. The van der Waals surface area contributed by atoms with Gasteiger partial charge in [-0.2, -0.15) is 4.31 Å². The minimum absolute atomic E-state index is 0.0747. The van der Waals surface area contributed by atoms with E-state index in [9.17, 15) is 18.0 Å². The van der Waals surface area contributed by atoms with Crippen LogP contribution < -0.4 is 24.8 Å². The third-order valence-electron chi connectivity index (χ3n) is 8.56. The summed E-state index contributed by atoms with van der Waals surface area (Å²) in [6.45, 7) is 9.21. The molecule has 0 bridgehead atoms. The monoisotopic (exact) mass is 697 g/mol. The van der Waals surface area contributed by atoms with Crippen LogP contribution in [0.25, 0.3) is 0 Å². The van der Waals surface area contributed by atoms with E-state index in [2.05, 4.69) is 31.0 Å². The van der Waals surface area contributed by atoms with Gasteiger partial charge in [-0.15, -0.1) is 0 Å². The van der Waals surface area contributed by atoms with E-state index in [1.165, 1.54) is 4.31 Å². The predicted molar refractivity (Wildman–Crippen MR) is 182 cm³/mol. The van der Waals surface area contributed by atoms with Gasteiger partial charge in [0.05, 0.1) is 35.0 Å². The Labute approximate surface area is 274 Å². The van der Waals surface area contributed by atoms with Gasteiger partial charge in [0, 0.05) is 62.4 Å². The summed E-state index contributed by atoms with van der Waals surface area (Å²) in [5.41, 5.74) is 3.92. The summed E-state index contributed by atoms with van der Waals surface area (Å²) < 4.78 is 34.8. The van der Waals surface area contributed by atoms with E-state index in [-0.39, 0.29) is 29.7 Å². The van der Waals surface area contributed by atoms with E-state index >= 15 is 0 Å². The van der Waals surface area contributed by atoms with E-state index in [1.807, 2.05) is 49.4 Å². The number of benzene rings is 3. The van der Waals surface area contributed by atoms with Gasteiger partial charge < -0.3 is 24.8 Å². The number of carbonyl (C=O) groups excluding carboxylic acids is 2. The van der Waals surface area contributed by atoms with Crippen molar-refractivity contribution >= 4 is 60.5 Å². The second-order valence-electron chi connectivity index (χ2n) is 11.2. The maximum absolute atomic E-state index is 13.7. The molecule has 2 aliphatic heterocycles. The lowest BCUT2D eigenvalue weighted by atomic mass is 10.1. The maximum atomic E-state index is 13.7. The molecule has 2 heterocycles. The fraction of sp³-hybridized carbons (Fsp3) is 0.394. The molecular formula is C33H40BrN5O5S. The molecule has 1 unspecified atom stereocenters. The average molecular weight is 699 g/mol. The number of methoxy groups -OCH3 is 1. The van der Waals surface area contributed by atoms with Gasteiger partial charge in [0.2, 0.25) is 21.8 Å². The van der Waals surface area contributed by atoms with Crippen LogP contribution in [0.4, 0.5) is 22.7 Å². The van der Waals surface area contributed by atoms with Crippen LogP contribution in [-0.2, 0) is 19.6 Å². The molecule has 2 fully saturated rings.